The highest BCUT2D eigenvalue weighted by Gasteiger charge is 2.29. The molecule has 0 atom stereocenters. The average Bonchev–Trinajstić information content (AvgIpc) is 3.40. The molecule has 1 aromatic rings. The molecule has 0 radical (unpaired) electrons. The Morgan fingerprint density at radius 2 is 1.92 bits per heavy atom. The number of carbonyl (C=O) groups is 3. The molecule has 0 bridgehead atoms. The minimum absolute atomic E-state index is 0.0296. The number of likely N-dealkylation sites (N-methyl/N-ethyl adjacent to an activating group) is 1. The number of ether oxygens (including phenoxy) is 1. The van der Waals surface area contributed by atoms with Gasteiger partial charge in [-0.25, -0.2) is 17.9 Å². The maximum absolute atomic E-state index is 12.3. The lowest BCUT2D eigenvalue weighted by molar-refractivity contribution is -0.127. The lowest BCUT2D eigenvalue weighted by atomic mass is 10.2. The fraction of sp³-hybridized carbons (Fsp3) is 0.400. The quantitative estimate of drug-likeness (QED) is 0.515. The smallest absolute Gasteiger partial charge is 0.338 e. The Bertz CT molecular complexity index is 823. The van der Waals surface area contributed by atoms with E-state index in [4.69, 9.17) is 16.3 Å². The molecule has 1 aromatic carbocycles. The van der Waals surface area contributed by atoms with Crippen LogP contribution < -0.4 is 15.4 Å². The highest BCUT2D eigenvalue weighted by atomic mass is 35.5. The van der Waals surface area contributed by atoms with Gasteiger partial charge in [-0.2, -0.15) is 0 Å². The third-order valence-electron chi connectivity index (χ3n) is 3.41. The molecule has 0 aromatic heterocycles. The van der Waals surface area contributed by atoms with Crippen molar-refractivity contribution in [1.29, 1.82) is 0 Å². The monoisotopic (exact) mass is 403 g/mol. The molecule has 11 heteroatoms. The molecule has 1 aliphatic carbocycles. The Morgan fingerprint density at radius 1 is 1.23 bits per heavy atom. The van der Waals surface area contributed by atoms with Crippen LogP contribution in [0.25, 0.3) is 0 Å². The molecule has 0 heterocycles. The number of hydrogen-bond acceptors (Lipinski definition) is 6. The first-order valence-corrected chi connectivity index (χ1v) is 9.55. The summed E-state index contributed by atoms with van der Waals surface area (Å²) in [6.07, 6.45) is 1.51. The molecular weight excluding hydrogens is 386 g/mol. The molecule has 0 unspecified atom stereocenters. The van der Waals surface area contributed by atoms with Crippen LogP contribution in [0.4, 0.5) is 0 Å². The predicted octanol–water partition coefficient (Wildman–Crippen LogP) is -0.200. The van der Waals surface area contributed by atoms with E-state index < -0.39 is 34.4 Å². The minimum atomic E-state index is -3.85. The molecule has 1 saturated carbocycles. The van der Waals surface area contributed by atoms with Crippen molar-refractivity contribution in [2.45, 2.75) is 23.8 Å². The second kappa shape index (κ2) is 8.47. The number of esters is 1. The maximum atomic E-state index is 12.3. The molecule has 142 valence electrons. The lowest BCUT2D eigenvalue weighted by Crippen LogP contribution is -2.37. The van der Waals surface area contributed by atoms with Crippen LogP contribution >= 0.6 is 11.6 Å². The first-order valence-electron chi connectivity index (χ1n) is 7.69. The van der Waals surface area contributed by atoms with Gasteiger partial charge in [0, 0.05) is 13.1 Å². The van der Waals surface area contributed by atoms with Gasteiger partial charge >= 0.3 is 5.97 Å². The zero-order chi connectivity index (χ0) is 19.3. The Hall–Kier alpha value is -2.17. The van der Waals surface area contributed by atoms with E-state index >= 15 is 0 Å². The van der Waals surface area contributed by atoms with Crippen LogP contribution in [0.5, 0.6) is 0 Å². The molecule has 0 aliphatic heterocycles. The normalized spacial score (nSPS) is 13.8. The zero-order valence-corrected chi connectivity index (χ0v) is 15.4. The lowest BCUT2D eigenvalue weighted by Gasteiger charge is -2.10. The van der Waals surface area contributed by atoms with Crippen LogP contribution in [0.1, 0.15) is 23.2 Å². The van der Waals surface area contributed by atoms with E-state index in [2.05, 4.69) is 15.4 Å². The molecule has 0 spiro atoms. The molecule has 9 nitrogen and oxygen atoms in total. The van der Waals surface area contributed by atoms with Crippen LogP contribution in [0.2, 0.25) is 5.02 Å². The number of benzene rings is 1. The second-order valence-electron chi connectivity index (χ2n) is 5.57. The molecule has 2 amide bonds. The van der Waals surface area contributed by atoms with Crippen molar-refractivity contribution in [3.63, 3.8) is 0 Å². The van der Waals surface area contributed by atoms with Crippen molar-refractivity contribution in [2.24, 2.45) is 0 Å². The van der Waals surface area contributed by atoms with Crippen molar-refractivity contribution < 1.29 is 27.5 Å². The van der Waals surface area contributed by atoms with E-state index in [9.17, 15) is 22.8 Å². The predicted molar refractivity (Wildman–Crippen MR) is 92.2 cm³/mol. The van der Waals surface area contributed by atoms with Crippen molar-refractivity contribution in [1.82, 2.24) is 15.4 Å². The highest BCUT2D eigenvalue weighted by molar-refractivity contribution is 7.89. The molecule has 1 fully saturated rings. The Balaban J connectivity index is 1.99. The zero-order valence-electron chi connectivity index (χ0n) is 13.9. The number of halogens is 1. The van der Waals surface area contributed by atoms with Crippen molar-refractivity contribution in [3.05, 3.63) is 28.8 Å². The number of hydrogen-bond donors (Lipinski definition) is 3. The first kappa shape index (κ1) is 20.1. The highest BCUT2D eigenvalue weighted by Crippen LogP contribution is 2.27. The summed E-state index contributed by atoms with van der Waals surface area (Å²) in [4.78, 5) is 34.3. The fourth-order valence-corrected chi connectivity index (χ4v) is 3.68. The SMILES string of the molecule is CNC(=O)CNC(=O)COC(=O)c1ccc(Cl)c(S(=O)(=O)NC2CC2)c1. The largest absolute Gasteiger partial charge is 0.452 e. The Morgan fingerprint density at radius 3 is 2.54 bits per heavy atom. The number of rotatable bonds is 8. The number of sulfonamides is 1. The average molecular weight is 404 g/mol. The summed E-state index contributed by atoms with van der Waals surface area (Å²) in [6.45, 7) is -0.857. The topological polar surface area (TPSA) is 131 Å². The standard InChI is InChI=1S/C15H18ClN3O6S/c1-17-13(20)7-18-14(21)8-25-15(22)9-2-5-11(16)12(6-9)26(23,24)19-10-3-4-10/h2,5-6,10,19H,3-4,7-8H2,1H3,(H,17,20)(H,18,21). The van der Waals surface area contributed by atoms with E-state index in [0.717, 1.165) is 18.9 Å². The van der Waals surface area contributed by atoms with E-state index in [-0.39, 0.29) is 28.1 Å². The number of nitrogens with one attached hydrogen (secondary N) is 3. The van der Waals surface area contributed by atoms with Gasteiger partial charge in [0.25, 0.3) is 5.91 Å². The van der Waals surface area contributed by atoms with Crippen LogP contribution in [0.3, 0.4) is 0 Å². The third kappa shape index (κ3) is 5.68. The molecule has 1 aliphatic rings. The van der Waals surface area contributed by atoms with Gasteiger partial charge in [-0.15, -0.1) is 0 Å². The van der Waals surface area contributed by atoms with Gasteiger partial charge < -0.3 is 15.4 Å². The maximum Gasteiger partial charge on any atom is 0.338 e. The van der Waals surface area contributed by atoms with Gasteiger partial charge in [-0.1, -0.05) is 11.6 Å². The molecular formula is C15H18ClN3O6S. The second-order valence-corrected chi connectivity index (χ2v) is 7.66. The van der Waals surface area contributed by atoms with Gasteiger partial charge in [0.1, 0.15) is 4.90 Å². The van der Waals surface area contributed by atoms with Crippen LogP contribution in [-0.2, 0) is 24.3 Å². The van der Waals surface area contributed by atoms with Gasteiger partial charge in [0.05, 0.1) is 17.1 Å². The molecule has 2 rings (SSSR count). The van der Waals surface area contributed by atoms with Gasteiger partial charge in [-0.05, 0) is 31.0 Å². The summed E-state index contributed by atoms with van der Waals surface area (Å²) >= 11 is 5.93. The summed E-state index contributed by atoms with van der Waals surface area (Å²) < 4.78 is 31.8. The minimum Gasteiger partial charge on any atom is -0.452 e. The van der Waals surface area contributed by atoms with Crippen LogP contribution in [-0.4, -0.2) is 52.4 Å². The molecule has 3 N–H and O–H groups in total. The molecule has 0 saturated heterocycles. The Labute approximate surface area is 155 Å². The van der Waals surface area contributed by atoms with Crippen molar-refractivity contribution in [2.75, 3.05) is 20.2 Å². The van der Waals surface area contributed by atoms with Crippen LogP contribution in [0.15, 0.2) is 23.1 Å². The van der Waals surface area contributed by atoms with Crippen molar-refractivity contribution >= 4 is 39.4 Å². The number of carbonyl (C=O) groups excluding carboxylic acids is 3. The van der Waals surface area contributed by atoms with E-state index in [1.54, 1.807) is 0 Å². The molecule has 26 heavy (non-hydrogen) atoms. The summed E-state index contributed by atoms with van der Waals surface area (Å²) in [7, 11) is -2.43. The first-order chi connectivity index (χ1) is 12.2. The Kier molecular flexibility index (Phi) is 6.57. The van der Waals surface area contributed by atoms with E-state index in [0.29, 0.717) is 0 Å². The van der Waals surface area contributed by atoms with Crippen molar-refractivity contribution in [3.8, 4) is 0 Å². The number of amides is 2. The summed E-state index contributed by atoms with van der Waals surface area (Å²) in [6, 6.07) is 3.54. The summed E-state index contributed by atoms with van der Waals surface area (Å²) in [5, 5.41) is 4.55. The summed E-state index contributed by atoms with van der Waals surface area (Å²) in [5.41, 5.74) is -0.0651. The van der Waals surface area contributed by atoms with Crippen LogP contribution in [0, 0.1) is 0 Å². The fourth-order valence-electron chi connectivity index (χ4n) is 1.85. The van der Waals surface area contributed by atoms with Gasteiger partial charge in [0.2, 0.25) is 15.9 Å². The van der Waals surface area contributed by atoms with Gasteiger partial charge in [0.15, 0.2) is 6.61 Å². The third-order valence-corrected chi connectivity index (χ3v) is 5.42. The summed E-state index contributed by atoms with van der Waals surface area (Å²) in [5.74, 6) is -1.96. The van der Waals surface area contributed by atoms with E-state index in [1.165, 1.54) is 19.2 Å². The van der Waals surface area contributed by atoms with E-state index in [1.807, 2.05) is 0 Å². The van der Waals surface area contributed by atoms with Gasteiger partial charge in [-0.3, -0.25) is 9.59 Å².